The summed E-state index contributed by atoms with van der Waals surface area (Å²) in [6.07, 6.45) is 22.1. The van der Waals surface area contributed by atoms with Gasteiger partial charge in [0, 0.05) is 23.0 Å². The second-order valence-corrected chi connectivity index (χ2v) is 15.9. The van der Waals surface area contributed by atoms with Gasteiger partial charge in [-0.1, -0.05) is 156 Å². The van der Waals surface area contributed by atoms with E-state index in [0.717, 1.165) is 23.0 Å². The second-order valence-electron chi connectivity index (χ2n) is 15.9. The van der Waals surface area contributed by atoms with Gasteiger partial charge in [-0.25, -0.2) is 0 Å². The Morgan fingerprint density at radius 1 is 0.415 bits per heavy atom. The average molecular weight is 703 g/mol. The fraction of sp³-hybridized carbons (Fsp3) is 0.472. The molecule has 0 aromatic heterocycles. The Labute approximate surface area is 324 Å². The van der Waals surface area contributed by atoms with Gasteiger partial charge in [0.15, 0.2) is 0 Å². The van der Waals surface area contributed by atoms with Crippen LogP contribution in [0.3, 0.4) is 0 Å². The van der Waals surface area contributed by atoms with E-state index in [0.29, 0.717) is 11.8 Å². The van der Waals surface area contributed by atoms with Crippen molar-refractivity contribution in [2.24, 2.45) is 23.7 Å². The van der Waals surface area contributed by atoms with Gasteiger partial charge in [0.2, 0.25) is 0 Å². The highest BCUT2D eigenvalue weighted by atomic mass is 14.2. The predicted molar refractivity (Wildman–Crippen MR) is 231 cm³/mol. The summed E-state index contributed by atoms with van der Waals surface area (Å²) in [5, 5.41) is 0. The molecule has 4 aromatic rings. The smallest absolute Gasteiger partial charge is 0.0245 e. The molecule has 4 aromatic carbocycles. The van der Waals surface area contributed by atoms with Gasteiger partial charge in [-0.3, -0.25) is 0 Å². The van der Waals surface area contributed by atoms with E-state index in [1.54, 1.807) is 0 Å². The number of rotatable bonds is 11. The van der Waals surface area contributed by atoms with Gasteiger partial charge in [-0.2, -0.15) is 0 Å². The molecule has 0 aliphatic heterocycles. The summed E-state index contributed by atoms with van der Waals surface area (Å²) >= 11 is 0. The lowest BCUT2D eigenvalue weighted by atomic mass is 9.80. The SMILES string of the molecule is CCCCc1ccc(-c2ccc(C#CC3CCC(CC)CC3)cc2)cc1.CCCCc1ccc(-c2ccc(C#CC3CCC(CCC)CC3)cc2)cc1. The molecule has 2 aliphatic carbocycles. The Balaban J connectivity index is 0.000000204. The molecule has 0 bridgehead atoms. The maximum Gasteiger partial charge on any atom is 0.0245 e. The molecule has 6 rings (SSSR count). The van der Waals surface area contributed by atoms with E-state index >= 15 is 0 Å². The van der Waals surface area contributed by atoms with E-state index in [1.807, 2.05) is 0 Å². The number of hydrogen-bond donors (Lipinski definition) is 0. The summed E-state index contributed by atoms with van der Waals surface area (Å²) in [4.78, 5) is 0. The largest absolute Gasteiger partial charge is 0.0945 e. The molecule has 2 aliphatic rings. The van der Waals surface area contributed by atoms with Crippen LogP contribution in [-0.4, -0.2) is 0 Å². The molecule has 0 heteroatoms. The van der Waals surface area contributed by atoms with Gasteiger partial charge in [-0.05, 0) is 147 Å². The van der Waals surface area contributed by atoms with Crippen molar-refractivity contribution in [2.45, 2.75) is 137 Å². The molecule has 0 nitrogen and oxygen atoms in total. The maximum absolute atomic E-state index is 3.54. The van der Waals surface area contributed by atoms with E-state index in [1.165, 1.54) is 143 Å². The lowest BCUT2D eigenvalue weighted by Gasteiger charge is -2.25. The fourth-order valence-corrected chi connectivity index (χ4v) is 8.07. The molecule has 53 heavy (non-hydrogen) atoms. The Hall–Kier alpha value is -4.00. The number of aryl methyl sites for hydroxylation is 2. The van der Waals surface area contributed by atoms with Crippen molar-refractivity contribution in [3.8, 4) is 45.9 Å². The van der Waals surface area contributed by atoms with E-state index in [4.69, 9.17) is 0 Å². The first kappa shape index (κ1) is 40.2. The molecular formula is C53H66. The number of unbranched alkanes of at least 4 members (excludes halogenated alkanes) is 2. The van der Waals surface area contributed by atoms with Crippen molar-refractivity contribution in [2.75, 3.05) is 0 Å². The van der Waals surface area contributed by atoms with Gasteiger partial charge in [0.25, 0.3) is 0 Å². The van der Waals surface area contributed by atoms with Crippen LogP contribution in [-0.2, 0) is 12.8 Å². The van der Waals surface area contributed by atoms with Gasteiger partial charge in [-0.15, -0.1) is 0 Å². The first-order valence-electron chi connectivity index (χ1n) is 21.5. The summed E-state index contributed by atoms with van der Waals surface area (Å²) in [6, 6.07) is 35.6. The minimum atomic E-state index is 0.605. The third-order valence-corrected chi connectivity index (χ3v) is 11.8. The summed E-state index contributed by atoms with van der Waals surface area (Å²) < 4.78 is 0. The van der Waals surface area contributed by atoms with Crippen LogP contribution in [0, 0.1) is 47.4 Å². The molecule has 0 atom stereocenters. The highest BCUT2D eigenvalue weighted by Crippen LogP contribution is 2.32. The molecule has 2 fully saturated rings. The zero-order valence-electron chi connectivity index (χ0n) is 33.6. The third-order valence-electron chi connectivity index (χ3n) is 11.8. The summed E-state index contributed by atoms with van der Waals surface area (Å²) in [6.45, 7) is 9.11. The predicted octanol–water partition coefficient (Wildman–Crippen LogP) is 14.9. The first-order valence-corrected chi connectivity index (χ1v) is 21.5. The minimum absolute atomic E-state index is 0.605. The van der Waals surface area contributed by atoms with Crippen LogP contribution in [0.25, 0.3) is 22.3 Å². The summed E-state index contributed by atoms with van der Waals surface area (Å²) in [5.74, 6) is 17.0. The van der Waals surface area contributed by atoms with E-state index in [2.05, 4.69) is 148 Å². The molecule has 0 amide bonds. The Morgan fingerprint density at radius 2 is 0.774 bits per heavy atom. The minimum Gasteiger partial charge on any atom is -0.0945 e. The van der Waals surface area contributed by atoms with E-state index < -0.39 is 0 Å². The van der Waals surface area contributed by atoms with Crippen LogP contribution in [0.1, 0.15) is 146 Å². The lowest BCUT2D eigenvalue weighted by molar-refractivity contribution is 0.300. The van der Waals surface area contributed by atoms with E-state index in [-0.39, 0.29) is 0 Å². The average Bonchev–Trinajstić information content (AvgIpc) is 3.22. The van der Waals surface area contributed by atoms with Crippen molar-refractivity contribution < 1.29 is 0 Å². The zero-order chi connectivity index (χ0) is 37.1. The Bertz CT molecular complexity index is 1720. The molecule has 0 spiro atoms. The molecule has 0 heterocycles. The number of hydrogen-bond acceptors (Lipinski definition) is 0. The molecular weight excluding hydrogens is 637 g/mol. The van der Waals surface area contributed by atoms with E-state index in [9.17, 15) is 0 Å². The van der Waals surface area contributed by atoms with Gasteiger partial charge in [0.05, 0.1) is 0 Å². The van der Waals surface area contributed by atoms with Crippen LogP contribution in [0.2, 0.25) is 0 Å². The van der Waals surface area contributed by atoms with Crippen molar-refractivity contribution in [1.82, 2.24) is 0 Å². The van der Waals surface area contributed by atoms with Gasteiger partial charge < -0.3 is 0 Å². The van der Waals surface area contributed by atoms with Gasteiger partial charge >= 0.3 is 0 Å². The summed E-state index contributed by atoms with van der Waals surface area (Å²) in [7, 11) is 0. The highest BCUT2D eigenvalue weighted by Gasteiger charge is 2.19. The molecule has 2 saturated carbocycles. The first-order chi connectivity index (χ1) is 26.1. The van der Waals surface area contributed by atoms with Crippen LogP contribution in [0.4, 0.5) is 0 Å². The fourth-order valence-electron chi connectivity index (χ4n) is 8.07. The van der Waals surface area contributed by atoms with Crippen LogP contribution >= 0.6 is 0 Å². The quantitative estimate of drug-likeness (QED) is 0.137. The number of benzene rings is 4. The topological polar surface area (TPSA) is 0 Å². The van der Waals surface area contributed by atoms with Crippen LogP contribution in [0.15, 0.2) is 97.1 Å². The maximum atomic E-state index is 3.54. The van der Waals surface area contributed by atoms with Crippen molar-refractivity contribution in [1.29, 1.82) is 0 Å². The monoisotopic (exact) mass is 703 g/mol. The summed E-state index contributed by atoms with van der Waals surface area (Å²) in [5.41, 5.74) is 10.3. The van der Waals surface area contributed by atoms with Crippen molar-refractivity contribution in [3.05, 3.63) is 119 Å². The third kappa shape index (κ3) is 13.4. The molecule has 0 unspecified atom stereocenters. The normalized spacial score (nSPS) is 19.5. The Morgan fingerprint density at radius 3 is 1.11 bits per heavy atom. The molecule has 0 N–H and O–H groups in total. The van der Waals surface area contributed by atoms with Crippen LogP contribution < -0.4 is 0 Å². The molecule has 278 valence electrons. The standard InChI is InChI=1S/C27H34.C26H32/c1-3-5-7-23-14-18-26(19-15-23)27-20-16-25(17-21-27)13-12-24-10-8-22(6-4-2)9-11-24;1-3-5-6-22-13-17-25(18-14-22)26-19-15-24(16-20-26)12-11-23-9-7-21(4-2)8-10-23/h14-22,24H,3-11H2,1-2H3;13-21,23H,3-10H2,1-2H3. The second kappa shape index (κ2) is 22.3. The van der Waals surface area contributed by atoms with Crippen molar-refractivity contribution >= 4 is 0 Å². The molecule has 0 saturated heterocycles. The zero-order valence-corrected chi connectivity index (χ0v) is 33.6. The Kier molecular flexibility index (Phi) is 16.9. The van der Waals surface area contributed by atoms with Gasteiger partial charge in [0.1, 0.15) is 0 Å². The highest BCUT2D eigenvalue weighted by molar-refractivity contribution is 5.65. The lowest BCUT2D eigenvalue weighted by Crippen LogP contribution is -2.13. The molecule has 0 radical (unpaired) electrons. The van der Waals surface area contributed by atoms with Crippen molar-refractivity contribution in [3.63, 3.8) is 0 Å². The van der Waals surface area contributed by atoms with Crippen LogP contribution in [0.5, 0.6) is 0 Å².